The normalized spacial score (nSPS) is 20.3. The number of aliphatic imine (C=N–C) groups is 1. The zero-order valence-corrected chi connectivity index (χ0v) is 26.6. The van der Waals surface area contributed by atoms with Gasteiger partial charge in [0.2, 0.25) is 5.91 Å². The number of aryl methyl sites for hydroxylation is 1. The van der Waals surface area contributed by atoms with Crippen LogP contribution < -0.4 is 21.3 Å². The summed E-state index contributed by atoms with van der Waals surface area (Å²) in [5, 5.41) is 14.4. The Morgan fingerprint density at radius 3 is 2.37 bits per heavy atom. The fraction of sp³-hybridized carbons (Fsp3) is 0.444. The number of hydrogen-bond acceptors (Lipinski definition) is 9. The van der Waals surface area contributed by atoms with Gasteiger partial charge in [0.1, 0.15) is 11.6 Å². The Morgan fingerprint density at radius 1 is 1.00 bits per heavy atom. The molecule has 1 aromatic heterocycles. The Balaban J connectivity index is 1.15. The van der Waals surface area contributed by atoms with Crippen molar-refractivity contribution in [3.05, 3.63) is 77.5 Å². The number of azo groups is 1. The molecule has 3 aliphatic rings. The van der Waals surface area contributed by atoms with Gasteiger partial charge in [0.25, 0.3) is 0 Å². The van der Waals surface area contributed by atoms with Crippen molar-refractivity contribution < 1.29 is 9.59 Å². The molecule has 0 bridgehead atoms. The molecule has 1 saturated carbocycles. The highest BCUT2D eigenvalue weighted by Gasteiger charge is 2.30. The summed E-state index contributed by atoms with van der Waals surface area (Å²) in [7, 11) is 0. The molecule has 1 amide bonds. The first-order valence-electron chi connectivity index (χ1n) is 16.5. The van der Waals surface area contributed by atoms with Crippen molar-refractivity contribution in [1.29, 1.82) is 0 Å². The Morgan fingerprint density at radius 2 is 1.72 bits per heavy atom. The Hall–Kier alpha value is -4.28. The third-order valence-electron chi connectivity index (χ3n) is 9.60. The van der Waals surface area contributed by atoms with Crippen LogP contribution in [0.2, 0.25) is 0 Å². The smallest absolute Gasteiger partial charge is 0.228 e. The highest BCUT2D eigenvalue weighted by atomic mass is 16.2. The lowest BCUT2D eigenvalue weighted by Gasteiger charge is -2.28. The number of hydrogen-bond donors (Lipinski definition) is 3. The number of carbonyl (C=O) groups excluding carboxylic acids is 2. The number of anilines is 2. The lowest BCUT2D eigenvalue weighted by Crippen LogP contribution is -2.43. The van der Waals surface area contributed by atoms with Crippen molar-refractivity contribution >= 4 is 29.0 Å². The van der Waals surface area contributed by atoms with Crippen LogP contribution in [0.1, 0.15) is 48.8 Å². The van der Waals surface area contributed by atoms with E-state index in [0.29, 0.717) is 37.1 Å². The molecule has 2 fully saturated rings. The number of piperazine rings is 1. The van der Waals surface area contributed by atoms with Crippen molar-refractivity contribution in [2.75, 3.05) is 49.6 Å². The van der Waals surface area contributed by atoms with Gasteiger partial charge in [0, 0.05) is 67.4 Å². The average Bonchev–Trinajstić information content (AvgIpc) is 3.64. The summed E-state index contributed by atoms with van der Waals surface area (Å²) in [4.78, 5) is 38.6. The van der Waals surface area contributed by atoms with Gasteiger partial charge in [-0.25, -0.2) is 9.98 Å². The number of aromatic nitrogens is 1. The highest BCUT2D eigenvalue weighted by Crippen LogP contribution is 2.32. The number of carbonyl (C=O) groups is 2. The molecule has 2 aromatic carbocycles. The third kappa shape index (κ3) is 7.74. The van der Waals surface area contributed by atoms with Gasteiger partial charge in [-0.05, 0) is 98.5 Å². The summed E-state index contributed by atoms with van der Waals surface area (Å²) < 4.78 is 0. The van der Waals surface area contributed by atoms with E-state index in [1.807, 2.05) is 30.5 Å². The molecule has 240 valence electrons. The molecule has 0 spiro atoms. The van der Waals surface area contributed by atoms with Crippen molar-refractivity contribution in [3.8, 4) is 11.1 Å². The van der Waals surface area contributed by atoms with E-state index in [1.165, 1.54) is 5.56 Å². The second kappa shape index (κ2) is 14.9. The Bertz CT molecular complexity index is 1570. The molecule has 0 radical (unpaired) electrons. The van der Waals surface area contributed by atoms with E-state index in [-0.39, 0.29) is 24.0 Å². The molecule has 1 saturated heterocycles. The zero-order valence-electron chi connectivity index (χ0n) is 26.6. The lowest BCUT2D eigenvalue weighted by molar-refractivity contribution is -0.129. The minimum Gasteiger partial charge on any atom is -0.354 e. The van der Waals surface area contributed by atoms with Gasteiger partial charge in [0.05, 0.1) is 0 Å². The quantitative estimate of drug-likeness (QED) is 0.271. The van der Waals surface area contributed by atoms with Gasteiger partial charge in [-0.15, -0.1) is 5.11 Å². The monoisotopic (exact) mass is 620 g/mol. The number of Topliss-reactive ketones (excluding diaryl/α,β-unsaturated/α-hetero) is 1. The maximum atomic E-state index is 13.7. The summed E-state index contributed by atoms with van der Waals surface area (Å²) in [5.74, 6) is 1.65. The maximum absolute atomic E-state index is 13.7. The van der Waals surface area contributed by atoms with Crippen molar-refractivity contribution in [3.63, 3.8) is 0 Å². The molecule has 3 heterocycles. The number of benzene rings is 2. The SMILES string of the molecule is Cc1cc(N2CCNCC2)ncc1-c1ccc(C[C@H](CC(=O)C2CCC(CN)CC2)C(=O)Nc2ccc(C3=NCN=N3)cc2)cc1. The number of rotatable bonds is 11. The van der Waals surface area contributed by atoms with Gasteiger partial charge in [0.15, 0.2) is 12.5 Å². The van der Waals surface area contributed by atoms with E-state index in [1.54, 1.807) is 0 Å². The average molecular weight is 621 g/mol. The van der Waals surface area contributed by atoms with Crippen LogP contribution in [0.4, 0.5) is 11.5 Å². The summed E-state index contributed by atoms with van der Waals surface area (Å²) in [6.07, 6.45) is 6.32. The minimum absolute atomic E-state index is 0.000700. The molecule has 2 aliphatic heterocycles. The van der Waals surface area contributed by atoms with Crippen LogP contribution in [0.15, 0.2) is 76.0 Å². The summed E-state index contributed by atoms with van der Waals surface area (Å²) >= 11 is 0. The van der Waals surface area contributed by atoms with Gasteiger partial charge in [-0.3, -0.25) is 9.59 Å². The highest BCUT2D eigenvalue weighted by molar-refractivity contribution is 6.01. The zero-order chi connectivity index (χ0) is 31.9. The van der Waals surface area contributed by atoms with E-state index < -0.39 is 5.92 Å². The van der Waals surface area contributed by atoms with E-state index in [4.69, 9.17) is 10.7 Å². The fourth-order valence-corrected chi connectivity index (χ4v) is 6.73. The molecular formula is C36H44N8O2. The predicted molar refractivity (Wildman–Crippen MR) is 182 cm³/mol. The first kappa shape index (κ1) is 31.7. The molecule has 4 N–H and O–H groups in total. The lowest BCUT2D eigenvalue weighted by atomic mass is 9.77. The third-order valence-corrected chi connectivity index (χ3v) is 9.60. The molecular weight excluding hydrogens is 576 g/mol. The first-order chi connectivity index (χ1) is 22.5. The molecule has 3 aromatic rings. The minimum atomic E-state index is -0.486. The van der Waals surface area contributed by atoms with Crippen LogP contribution in [0.5, 0.6) is 0 Å². The van der Waals surface area contributed by atoms with Crippen LogP contribution in [0.3, 0.4) is 0 Å². The Kier molecular flexibility index (Phi) is 10.2. The number of amidine groups is 1. The molecule has 0 unspecified atom stereocenters. The van der Waals surface area contributed by atoms with Crippen molar-refractivity contribution in [2.24, 2.45) is 38.7 Å². The van der Waals surface area contributed by atoms with E-state index in [2.05, 4.69) is 68.0 Å². The number of ketones is 1. The number of pyridine rings is 1. The second-order valence-corrected chi connectivity index (χ2v) is 12.7. The summed E-state index contributed by atoms with van der Waals surface area (Å²) in [5.41, 5.74) is 11.8. The number of amides is 1. The topological polar surface area (TPSA) is 137 Å². The molecule has 6 rings (SSSR count). The molecule has 10 heteroatoms. The number of nitrogens with zero attached hydrogens (tertiary/aromatic N) is 5. The predicted octanol–water partition coefficient (Wildman–Crippen LogP) is 5.16. The van der Waals surface area contributed by atoms with Crippen LogP contribution >= 0.6 is 0 Å². The molecule has 46 heavy (non-hydrogen) atoms. The van der Waals surface area contributed by atoms with Crippen molar-refractivity contribution in [2.45, 2.75) is 45.4 Å². The summed E-state index contributed by atoms with van der Waals surface area (Å²) in [6.45, 7) is 7.01. The number of nitrogens with two attached hydrogens (primary N) is 1. The Labute approximate surface area is 271 Å². The van der Waals surface area contributed by atoms with Crippen LogP contribution in [0, 0.1) is 24.7 Å². The maximum Gasteiger partial charge on any atom is 0.228 e. The second-order valence-electron chi connectivity index (χ2n) is 12.7. The van der Waals surface area contributed by atoms with E-state index in [0.717, 1.165) is 79.9 Å². The van der Waals surface area contributed by atoms with Gasteiger partial charge < -0.3 is 21.3 Å². The molecule has 10 nitrogen and oxygen atoms in total. The van der Waals surface area contributed by atoms with Crippen LogP contribution in [-0.4, -0.2) is 61.9 Å². The van der Waals surface area contributed by atoms with Gasteiger partial charge in [-0.1, -0.05) is 24.3 Å². The first-order valence-corrected chi connectivity index (χ1v) is 16.5. The van der Waals surface area contributed by atoms with Gasteiger partial charge >= 0.3 is 0 Å². The van der Waals surface area contributed by atoms with Gasteiger partial charge in [-0.2, -0.15) is 5.11 Å². The largest absolute Gasteiger partial charge is 0.354 e. The van der Waals surface area contributed by atoms with Crippen LogP contribution in [0.25, 0.3) is 11.1 Å². The standard InChI is InChI=1S/C36H44N8O2/c1-24-18-34(44-16-14-38-15-17-44)39-22-32(24)27-6-2-25(3-7-27)19-30(20-33(45)28-8-4-26(21-37)5-9-28)36(46)42-31-12-10-29(11-13-31)35-40-23-41-43-35/h2-3,6-7,10-13,18,22,26,28,30,38H,4-5,8-9,14-17,19-21,23,37H2,1H3,(H,42,46)/t26?,28?,30-/m1/s1. The molecule has 1 atom stereocenters. The van der Waals surface area contributed by atoms with E-state index in [9.17, 15) is 9.59 Å². The molecule has 1 aliphatic carbocycles. The number of nitrogens with one attached hydrogen (secondary N) is 2. The summed E-state index contributed by atoms with van der Waals surface area (Å²) in [6, 6.07) is 17.9. The fourth-order valence-electron chi connectivity index (χ4n) is 6.73. The van der Waals surface area contributed by atoms with E-state index >= 15 is 0 Å². The van der Waals surface area contributed by atoms with Crippen LogP contribution in [-0.2, 0) is 16.0 Å². The van der Waals surface area contributed by atoms with Crippen molar-refractivity contribution in [1.82, 2.24) is 10.3 Å².